The lowest BCUT2D eigenvalue weighted by Gasteiger charge is -2.36. The fourth-order valence-electron chi connectivity index (χ4n) is 3.98. The van der Waals surface area contributed by atoms with Crippen molar-refractivity contribution in [2.24, 2.45) is 0 Å². The Labute approximate surface area is 158 Å². The molecule has 0 spiro atoms. The van der Waals surface area contributed by atoms with Crippen LogP contribution in [0.4, 0.5) is 5.69 Å². The number of rotatable bonds is 2. The molecular weight excluding hydrogens is 340 g/mol. The summed E-state index contributed by atoms with van der Waals surface area (Å²) in [5, 5.41) is 11.2. The van der Waals surface area contributed by atoms with Crippen molar-refractivity contribution in [3.8, 4) is 11.4 Å². The van der Waals surface area contributed by atoms with Crippen LogP contribution >= 0.6 is 0 Å². The van der Waals surface area contributed by atoms with Crippen LogP contribution in [0.5, 0.6) is 5.75 Å². The molecule has 1 aromatic heterocycles. The highest BCUT2D eigenvalue weighted by atomic mass is 16.5. The van der Waals surface area contributed by atoms with E-state index in [4.69, 9.17) is 4.74 Å². The zero-order chi connectivity index (χ0) is 19.1. The number of ether oxygens (including phenoxy) is 1. The molecule has 2 atom stereocenters. The van der Waals surface area contributed by atoms with Crippen LogP contribution in [0.2, 0.25) is 0 Å². The van der Waals surface area contributed by atoms with Crippen LogP contribution in [0.3, 0.4) is 0 Å². The van der Waals surface area contributed by atoms with Gasteiger partial charge in [0.05, 0.1) is 17.6 Å². The Bertz CT molecular complexity index is 1030. The van der Waals surface area contributed by atoms with Gasteiger partial charge in [-0.2, -0.15) is 0 Å². The maximum absolute atomic E-state index is 12.9. The zero-order valence-electron chi connectivity index (χ0n) is 15.8. The third-order valence-corrected chi connectivity index (χ3v) is 5.12. The second-order valence-electron chi connectivity index (χ2n) is 7.37. The number of nitrogens with zero attached hydrogens (tertiary/aromatic N) is 2. The summed E-state index contributed by atoms with van der Waals surface area (Å²) in [6.07, 6.45) is 2.19. The minimum Gasteiger partial charge on any atom is -0.507 e. The normalized spacial score (nSPS) is 20.2. The number of aryl methyl sites for hydroxylation is 1. The van der Waals surface area contributed by atoms with E-state index in [-0.39, 0.29) is 23.5 Å². The summed E-state index contributed by atoms with van der Waals surface area (Å²) in [5.74, 6) is 0.139. The molecule has 1 N–H and O–H groups in total. The van der Waals surface area contributed by atoms with Gasteiger partial charge < -0.3 is 14.7 Å². The first-order chi connectivity index (χ1) is 12.9. The van der Waals surface area contributed by atoms with E-state index in [0.29, 0.717) is 10.8 Å². The molecule has 0 radical (unpaired) electrons. The van der Waals surface area contributed by atoms with Gasteiger partial charge in [0.25, 0.3) is 5.56 Å². The van der Waals surface area contributed by atoms with Gasteiger partial charge in [-0.3, -0.25) is 9.36 Å². The van der Waals surface area contributed by atoms with Gasteiger partial charge in [0.1, 0.15) is 5.75 Å². The summed E-state index contributed by atoms with van der Waals surface area (Å²) < 4.78 is 7.45. The molecule has 140 valence electrons. The molecular formula is C22H24N2O3. The second kappa shape index (κ2) is 6.74. The number of fused-ring (bicyclic) bond motifs is 1. The first-order valence-electron chi connectivity index (χ1n) is 9.29. The number of hydrogen-bond donors (Lipinski definition) is 1. The van der Waals surface area contributed by atoms with Crippen molar-refractivity contribution < 1.29 is 9.84 Å². The number of phenolic OH excluding ortho intramolecular Hbond substituents is 1. The summed E-state index contributed by atoms with van der Waals surface area (Å²) in [4.78, 5) is 15.2. The number of benzene rings is 2. The lowest BCUT2D eigenvalue weighted by molar-refractivity contribution is -0.00521. The molecule has 0 unspecified atom stereocenters. The van der Waals surface area contributed by atoms with Gasteiger partial charge in [-0.25, -0.2) is 0 Å². The quantitative estimate of drug-likeness (QED) is 0.755. The molecule has 5 nitrogen and oxygen atoms in total. The lowest BCUT2D eigenvalue weighted by atomic mass is 10.1. The molecule has 1 aliphatic heterocycles. The molecule has 0 aliphatic carbocycles. The Balaban J connectivity index is 1.73. The van der Waals surface area contributed by atoms with E-state index in [1.54, 1.807) is 29.0 Å². The minimum absolute atomic E-state index is 0.132. The summed E-state index contributed by atoms with van der Waals surface area (Å²) in [6, 6.07) is 13.1. The number of aromatic hydroxyl groups is 1. The topological polar surface area (TPSA) is 54.7 Å². The molecule has 0 saturated carbocycles. The van der Waals surface area contributed by atoms with Crippen LogP contribution in [0, 0.1) is 6.92 Å². The lowest BCUT2D eigenvalue weighted by Crippen LogP contribution is -2.45. The van der Waals surface area contributed by atoms with E-state index in [9.17, 15) is 9.90 Å². The maximum atomic E-state index is 12.9. The molecule has 1 aliphatic rings. The summed E-state index contributed by atoms with van der Waals surface area (Å²) in [6.45, 7) is 7.80. The second-order valence-corrected chi connectivity index (χ2v) is 7.37. The van der Waals surface area contributed by atoms with E-state index in [1.165, 1.54) is 0 Å². The summed E-state index contributed by atoms with van der Waals surface area (Å²) in [5.41, 5.74) is 2.67. The predicted octanol–water partition coefficient (Wildman–Crippen LogP) is 3.62. The number of morpholine rings is 1. The molecule has 2 heterocycles. The van der Waals surface area contributed by atoms with Crippen molar-refractivity contribution in [3.05, 3.63) is 64.6 Å². The standard InChI is InChI=1S/C22H24N2O3/c1-14-11-24(22(26)19-5-4-6-20(25)21(14)19)18-9-7-17(8-10-18)23-12-15(2)27-16(3)13-23/h4-11,15-16,25H,12-13H2,1-3H3/t15-,16+. The highest BCUT2D eigenvalue weighted by molar-refractivity contribution is 5.90. The first-order valence-corrected chi connectivity index (χ1v) is 9.29. The minimum atomic E-state index is -0.132. The number of aromatic nitrogens is 1. The molecule has 1 fully saturated rings. The van der Waals surface area contributed by atoms with Gasteiger partial charge >= 0.3 is 0 Å². The van der Waals surface area contributed by atoms with Crippen molar-refractivity contribution in [2.75, 3.05) is 18.0 Å². The van der Waals surface area contributed by atoms with E-state index >= 15 is 0 Å². The van der Waals surface area contributed by atoms with Gasteiger partial charge in [0.15, 0.2) is 0 Å². The van der Waals surface area contributed by atoms with Crippen molar-refractivity contribution in [3.63, 3.8) is 0 Å². The van der Waals surface area contributed by atoms with Crippen LogP contribution < -0.4 is 10.5 Å². The zero-order valence-corrected chi connectivity index (χ0v) is 15.8. The van der Waals surface area contributed by atoms with E-state index in [0.717, 1.165) is 30.0 Å². The van der Waals surface area contributed by atoms with Crippen LogP contribution in [0.1, 0.15) is 19.4 Å². The summed E-state index contributed by atoms with van der Waals surface area (Å²) in [7, 11) is 0. The average Bonchev–Trinajstić information content (AvgIpc) is 2.64. The third-order valence-electron chi connectivity index (χ3n) is 5.12. The number of anilines is 1. The van der Waals surface area contributed by atoms with Crippen molar-refractivity contribution in [1.82, 2.24) is 4.57 Å². The Morgan fingerprint density at radius 1 is 1.00 bits per heavy atom. The predicted molar refractivity (Wildman–Crippen MR) is 108 cm³/mol. The number of phenols is 1. The molecule has 1 saturated heterocycles. The third kappa shape index (κ3) is 3.19. The fraction of sp³-hybridized carbons (Fsp3) is 0.318. The SMILES string of the molecule is Cc1cn(-c2ccc(N3C[C@@H](C)O[C@@H](C)C3)cc2)c(=O)c2cccc(O)c12. The molecule has 5 heteroatoms. The highest BCUT2D eigenvalue weighted by Crippen LogP contribution is 2.27. The Morgan fingerprint density at radius 2 is 1.63 bits per heavy atom. The molecule has 2 aromatic carbocycles. The largest absolute Gasteiger partial charge is 0.507 e. The average molecular weight is 364 g/mol. The van der Waals surface area contributed by atoms with Crippen molar-refractivity contribution in [2.45, 2.75) is 33.0 Å². The first kappa shape index (κ1) is 17.6. The monoisotopic (exact) mass is 364 g/mol. The highest BCUT2D eigenvalue weighted by Gasteiger charge is 2.22. The van der Waals surface area contributed by atoms with Gasteiger partial charge in [0, 0.05) is 36.0 Å². The molecule has 0 amide bonds. The smallest absolute Gasteiger partial charge is 0.263 e. The van der Waals surface area contributed by atoms with Crippen LogP contribution in [0.15, 0.2) is 53.5 Å². The molecule has 4 rings (SSSR count). The Kier molecular flexibility index (Phi) is 4.40. The number of pyridine rings is 1. The molecule has 0 bridgehead atoms. The van der Waals surface area contributed by atoms with Gasteiger partial charge in [0.2, 0.25) is 0 Å². The summed E-state index contributed by atoms with van der Waals surface area (Å²) >= 11 is 0. The van der Waals surface area contributed by atoms with Crippen LogP contribution in [0.25, 0.3) is 16.5 Å². The van der Waals surface area contributed by atoms with E-state index in [2.05, 4.69) is 30.9 Å². The van der Waals surface area contributed by atoms with E-state index < -0.39 is 0 Å². The van der Waals surface area contributed by atoms with Gasteiger partial charge in [-0.05, 0) is 62.7 Å². The fourth-order valence-corrected chi connectivity index (χ4v) is 3.98. The van der Waals surface area contributed by atoms with Crippen molar-refractivity contribution >= 4 is 16.5 Å². The van der Waals surface area contributed by atoms with Crippen LogP contribution in [-0.4, -0.2) is 35.0 Å². The van der Waals surface area contributed by atoms with Gasteiger partial charge in [-0.15, -0.1) is 0 Å². The molecule has 27 heavy (non-hydrogen) atoms. The Morgan fingerprint density at radius 3 is 2.30 bits per heavy atom. The van der Waals surface area contributed by atoms with Crippen molar-refractivity contribution in [1.29, 1.82) is 0 Å². The maximum Gasteiger partial charge on any atom is 0.263 e. The van der Waals surface area contributed by atoms with Crippen LogP contribution in [-0.2, 0) is 4.74 Å². The molecule has 3 aromatic rings. The Hall–Kier alpha value is -2.79. The number of hydrogen-bond acceptors (Lipinski definition) is 4. The van der Waals surface area contributed by atoms with E-state index in [1.807, 2.05) is 19.1 Å². The van der Waals surface area contributed by atoms with Gasteiger partial charge in [-0.1, -0.05) is 6.07 Å².